The lowest BCUT2D eigenvalue weighted by Gasteiger charge is -2.28. The Morgan fingerprint density at radius 1 is 1.33 bits per heavy atom. The van der Waals surface area contributed by atoms with Gasteiger partial charge in [-0.2, -0.15) is 0 Å². The molecule has 0 aliphatic heterocycles. The van der Waals surface area contributed by atoms with Gasteiger partial charge in [-0.1, -0.05) is 61.5 Å². The first-order valence-electron chi connectivity index (χ1n) is 6.17. The summed E-state index contributed by atoms with van der Waals surface area (Å²) in [7, 11) is -0.311. The van der Waals surface area contributed by atoms with Crippen LogP contribution in [0.4, 0.5) is 0 Å². The molecule has 1 atom stereocenters. The molecule has 0 radical (unpaired) electrons. The van der Waals surface area contributed by atoms with Crippen LogP contribution in [-0.4, -0.2) is 21.2 Å². The number of hydrogen-bond donors (Lipinski definition) is 0. The number of methoxy groups -OCH3 is 1. The van der Waals surface area contributed by atoms with E-state index < -0.39 is 14.0 Å². The minimum Gasteiger partial charge on any atom is -0.459 e. The highest BCUT2D eigenvalue weighted by atomic mass is 28.3. The Labute approximate surface area is 110 Å². The molecule has 3 heteroatoms. The van der Waals surface area contributed by atoms with Gasteiger partial charge in [-0.25, -0.2) is 4.79 Å². The van der Waals surface area contributed by atoms with E-state index in [1.165, 1.54) is 12.3 Å². The van der Waals surface area contributed by atoms with Gasteiger partial charge in [0, 0.05) is 11.5 Å². The molecule has 0 aliphatic carbocycles. The second kappa shape index (κ2) is 6.41. The number of esters is 1. The average Bonchev–Trinajstić information content (AvgIpc) is 2.39. The summed E-state index contributed by atoms with van der Waals surface area (Å²) in [6.45, 7) is 6.71. The maximum Gasteiger partial charge on any atom is 0.384 e. The summed E-state index contributed by atoms with van der Waals surface area (Å²) in [4.78, 5) is 11.1. The molecule has 0 spiro atoms. The molecule has 0 heterocycles. The van der Waals surface area contributed by atoms with Crippen LogP contribution in [0.2, 0.25) is 18.6 Å². The van der Waals surface area contributed by atoms with Gasteiger partial charge in [0.1, 0.15) is 0 Å². The average molecular weight is 260 g/mol. The Morgan fingerprint density at radius 2 is 1.94 bits per heavy atom. The SMILES string of the molecule is CCC(C#CC(=O)OC)[Si](C)(C)c1ccccc1. The van der Waals surface area contributed by atoms with Crippen molar-refractivity contribution in [2.75, 3.05) is 7.11 Å². The van der Waals surface area contributed by atoms with Crippen molar-refractivity contribution in [3.05, 3.63) is 30.3 Å². The Hall–Kier alpha value is -1.53. The van der Waals surface area contributed by atoms with Gasteiger partial charge >= 0.3 is 5.97 Å². The van der Waals surface area contributed by atoms with Gasteiger partial charge in [0.15, 0.2) is 0 Å². The van der Waals surface area contributed by atoms with E-state index in [0.717, 1.165) is 6.42 Å². The summed E-state index contributed by atoms with van der Waals surface area (Å²) in [5.41, 5.74) is 0.263. The largest absolute Gasteiger partial charge is 0.459 e. The van der Waals surface area contributed by atoms with Gasteiger partial charge in [-0.15, -0.1) is 0 Å². The standard InChI is InChI=1S/C15H20O2Si/c1-5-13(11-12-15(16)17-2)18(3,4)14-9-7-6-8-10-14/h6-10,13H,5H2,1-4H3. The van der Waals surface area contributed by atoms with E-state index in [9.17, 15) is 4.79 Å². The van der Waals surface area contributed by atoms with Crippen LogP contribution in [0, 0.1) is 11.8 Å². The molecule has 96 valence electrons. The summed E-state index contributed by atoms with van der Waals surface area (Å²) in [5, 5.41) is 1.37. The van der Waals surface area contributed by atoms with Gasteiger partial charge in [-0.05, 0) is 6.42 Å². The highest BCUT2D eigenvalue weighted by Gasteiger charge is 2.31. The molecule has 0 fully saturated rings. The topological polar surface area (TPSA) is 26.3 Å². The Morgan fingerprint density at radius 3 is 2.44 bits per heavy atom. The highest BCUT2D eigenvalue weighted by Crippen LogP contribution is 2.24. The molecule has 0 saturated heterocycles. The maximum absolute atomic E-state index is 11.1. The third-order valence-electron chi connectivity index (χ3n) is 3.33. The van der Waals surface area contributed by atoms with Crippen molar-refractivity contribution in [2.45, 2.75) is 32.0 Å². The lowest BCUT2D eigenvalue weighted by Crippen LogP contribution is -2.45. The lowest BCUT2D eigenvalue weighted by atomic mass is 10.3. The number of hydrogen-bond acceptors (Lipinski definition) is 2. The predicted octanol–water partition coefficient (Wildman–Crippen LogP) is 2.56. The van der Waals surface area contributed by atoms with Crippen molar-refractivity contribution in [1.82, 2.24) is 0 Å². The van der Waals surface area contributed by atoms with Crippen molar-refractivity contribution >= 4 is 19.2 Å². The second-order valence-corrected chi connectivity index (χ2v) is 9.53. The van der Waals surface area contributed by atoms with Crippen LogP contribution in [0.3, 0.4) is 0 Å². The molecule has 0 aliphatic rings. The van der Waals surface area contributed by atoms with Crippen LogP contribution in [-0.2, 0) is 9.53 Å². The van der Waals surface area contributed by atoms with Gasteiger partial charge < -0.3 is 4.74 Å². The molecular formula is C15H20O2Si. The number of rotatable bonds is 3. The van der Waals surface area contributed by atoms with Gasteiger partial charge in [0.05, 0.1) is 15.2 Å². The Bertz CT molecular complexity index is 454. The van der Waals surface area contributed by atoms with Crippen LogP contribution < -0.4 is 5.19 Å². The van der Waals surface area contributed by atoms with Crippen molar-refractivity contribution < 1.29 is 9.53 Å². The third kappa shape index (κ3) is 3.48. The molecular weight excluding hydrogens is 240 g/mol. The van der Waals surface area contributed by atoms with Crippen LogP contribution in [0.5, 0.6) is 0 Å². The van der Waals surface area contributed by atoms with Crippen molar-refractivity contribution in [3.63, 3.8) is 0 Å². The van der Waals surface area contributed by atoms with E-state index in [-0.39, 0.29) is 5.54 Å². The van der Waals surface area contributed by atoms with E-state index in [1.54, 1.807) is 0 Å². The van der Waals surface area contributed by atoms with E-state index in [0.29, 0.717) is 0 Å². The predicted molar refractivity (Wildman–Crippen MR) is 77.4 cm³/mol. The second-order valence-electron chi connectivity index (χ2n) is 4.81. The zero-order chi connectivity index (χ0) is 13.6. The highest BCUT2D eigenvalue weighted by molar-refractivity contribution is 6.91. The summed E-state index contributed by atoms with van der Waals surface area (Å²) < 4.78 is 4.57. The first kappa shape index (κ1) is 14.5. The first-order chi connectivity index (χ1) is 8.52. The monoisotopic (exact) mass is 260 g/mol. The smallest absolute Gasteiger partial charge is 0.384 e. The van der Waals surface area contributed by atoms with Crippen molar-refractivity contribution in [2.24, 2.45) is 0 Å². The van der Waals surface area contributed by atoms with E-state index >= 15 is 0 Å². The van der Waals surface area contributed by atoms with Crippen LogP contribution in [0.15, 0.2) is 30.3 Å². The number of ether oxygens (including phenoxy) is 1. The zero-order valence-electron chi connectivity index (χ0n) is 11.5. The zero-order valence-corrected chi connectivity index (χ0v) is 12.5. The molecule has 1 unspecified atom stereocenters. The minimum atomic E-state index is -1.67. The summed E-state index contributed by atoms with van der Waals surface area (Å²) in [5.74, 6) is 5.23. The summed E-state index contributed by atoms with van der Waals surface area (Å²) >= 11 is 0. The molecule has 0 aromatic heterocycles. The van der Waals surface area contributed by atoms with Gasteiger partial charge in [0.2, 0.25) is 0 Å². The number of carbonyl (C=O) groups is 1. The first-order valence-corrected chi connectivity index (χ1v) is 9.25. The molecule has 1 aromatic carbocycles. The molecule has 2 nitrogen and oxygen atoms in total. The van der Waals surface area contributed by atoms with Gasteiger partial charge in [-0.3, -0.25) is 0 Å². The molecule has 18 heavy (non-hydrogen) atoms. The van der Waals surface area contributed by atoms with Crippen molar-refractivity contribution in [3.8, 4) is 11.8 Å². The van der Waals surface area contributed by atoms with Gasteiger partial charge in [0.25, 0.3) is 0 Å². The van der Waals surface area contributed by atoms with Crippen LogP contribution >= 0.6 is 0 Å². The molecule has 1 rings (SSSR count). The lowest BCUT2D eigenvalue weighted by molar-refractivity contribution is -0.133. The van der Waals surface area contributed by atoms with E-state index in [2.05, 4.69) is 60.9 Å². The Kier molecular flexibility index (Phi) is 5.18. The molecule has 0 N–H and O–H groups in total. The minimum absolute atomic E-state index is 0.263. The normalized spacial score (nSPS) is 12.2. The van der Waals surface area contributed by atoms with Crippen molar-refractivity contribution in [1.29, 1.82) is 0 Å². The molecule has 1 aromatic rings. The number of benzene rings is 1. The van der Waals surface area contributed by atoms with Crippen LogP contribution in [0.1, 0.15) is 13.3 Å². The molecule has 0 bridgehead atoms. The summed E-state index contributed by atoms with van der Waals surface area (Å²) in [6, 6.07) is 10.5. The third-order valence-corrected chi connectivity index (χ3v) is 7.45. The fourth-order valence-electron chi connectivity index (χ4n) is 2.06. The Balaban J connectivity index is 2.99. The van der Waals surface area contributed by atoms with E-state index in [4.69, 9.17) is 0 Å². The fraction of sp³-hybridized carbons (Fsp3) is 0.400. The van der Waals surface area contributed by atoms with E-state index in [1.807, 2.05) is 6.07 Å². The maximum atomic E-state index is 11.1. The van der Waals surface area contributed by atoms with Crippen LogP contribution in [0.25, 0.3) is 0 Å². The molecule has 0 amide bonds. The quantitative estimate of drug-likeness (QED) is 0.361. The molecule has 0 saturated carbocycles. The fourth-order valence-corrected chi connectivity index (χ4v) is 4.97. The summed E-state index contributed by atoms with van der Waals surface area (Å²) in [6.07, 6.45) is 0.956. The number of carbonyl (C=O) groups excluding carboxylic acids is 1.